The van der Waals surface area contributed by atoms with Gasteiger partial charge in [0, 0.05) is 11.3 Å². The average Bonchev–Trinajstić information content (AvgIpc) is 2.75. The van der Waals surface area contributed by atoms with E-state index in [1.54, 1.807) is 0 Å². The summed E-state index contributed by atoms with van der Waals surface area (Å²) < 4.78 is 0. The Bertz CT molecular complexity index is 650. The number of benzene rings is 2. The summed E-state index contributed by atoms with van der Waals surface area (Å²) in [5.74, 6) is 0.826. The first-order chi connectivity index (χ1) is 8.24. The van der Waals surface area contributed by atoms with Gasteiger partial charge in [-0.1, -0.05) is 23.8 Å². The summed E-state index contributed by atoms with van der Waals surface area (Å²) in [4.78, 5) is 7.84. The first kappa shape index (κ1) is 9.90. The lowest BCUT2D eigenvalue weighted by molar-refractivity contribution is 1.32. The lowest BCUT2D eigenvalue weighted by Gasteiger charge is -2.03. The lowest BCUT2D eigenvalue weighted by atomic mass is 10.1. The second-order valence-corrected chi connectivity index (χ2v) is 4.19. The number of fused-ring (bicyclic) bond motifs is 1. The maximum Gasteiger partial charge on any atom is 0.140 e. The summed E-state index contributed by atoms with van der Waals surface area (Å²) in [6.45, 7) is 2.05. The highest BCUT2D eigenvalue weighted by atomic mass is 14.9. The van der Waals surface area contributed by atoms with Gasteiger partial charge in [0.15, 0.2) is 0 Å². The van der Waals surface area contributed by atoms with Crippen molar-refractivity contribution in [3.05, 3.63) is 48.0 Å². The van der Waals surface area contributed by atoms with E-state index in [1.165, 1.54) is 5.56 Å². The highest BCUT2D eigenvalue weighted by Crippen LogP contribution is 2.26. The van der Waals surface area contributed by atoms with Crippen molar-refractivity contribution < 1.29 is 0 Å². The van der Waals surface area contributed by atoms with Gasteiger partial charge in [-0.2, -0.15) is 0 Å². The van der Waals surface area contributed by atoms with E-state index in [0.717, 1.165) is 28.1 Å². The van der Waals surface area contributed by atoms with E-state index >= 15 is 0 Å². The number of nitrogens with one attached hydrogen (secondary N) is 1. The van der Waals surface area contributed by atoms with Crippen LogP contribution in [-0.4, -0.2) is 9.97 Å². The third-order valence-corrected chi connectivity index (χ3v) is 2.85. The predicted molar refractivity (Wildman–Crippen MR) is 70.7 cm³/mol. The number of aromatic nitrogens is 2. The molecule has 1 heterocycles. The van der Waals surface area contributed by atoms with Gasteiger partial charge >= 0.3 is 0 Å². The third kappa shape index (κ3) is 1.65. The lowest BCUT2D eigenvalue weighted by Crippen LogP contribution is -1.91. The van der Waals surface area contributed by atoms with Crippen LogP contribution in [0.5, 0.6) is 0 Å². The zero-order valence-corrected chi connectivity index (χ0v) is 9.57. The SMILES string of the molecule is Cc1ccc(N)c(-c2nc3ccccc3[nH]2)c1. The van der Waals surface area contributed by atoms with Gasteiger partial charge in [0.2, 0.25) is 0 Å². The van der Waals surface area contributed by atoms with Crippen LogP contribution < -0.4 is 5.73 Å². The van der Waals surface area contributed by atoms with Crippen LogP contribution in [0.15, 0.2) is 42.5 Å². The molecule has 0 saturated carbocycles. The Hall–Kier alpha value is -2.29. The Morgan fingerprint density at radius 2 is 1.94 bits per heavy atom. The Balaban J connectivity index is 2.23. The molecule has 0 saturated heterocycles. The zero-order valence-electron chi connectivity index (χ0n) is 9.57. The minimum Gasteiger partial charge on any atom is -0.398 e. The van der Waals surface area contributed by atoms with E-state index < -0.39 is 0 Å². The number of H-pyrrole nitrogens is 1. The molecular weight excluding hydrogens is 210 g/mol. The second kappa shape index (κ2) is 3.63. The molecule has 3 N–H and O–H groups in total. The van der Waals surface area contributed by atoms with E-state index in [4.69, 9.17) is 5.73 Å². The number of aromatic amines is 1. The quantitative estimate of drug-likeness (QED) is 0.623. The Labute approximate surface area is 99.3 Å². The fraction of sp³-hybridized carbons (Fsp3) is 0.0714. The molecule has 0 bridgehead atoms. The summed E-state index contributed by atoms with van der Waals surface area (Å²) in [5.41, 5.74) is 10.9. The number of nitrogens with two attached hydrogens (primary N) is 1. The topological polar surface area (TPSA) is 54.7 Å². The Morgan fingerprint density at radius 1 is 1.12 bits per heavy atom. The molecule has 0 amide bonds. The molecule has 84 valence electrons. The summed E-state index contributed by atoms with van der Waals surface area (Å²) in [5, 5.41) is 0. The molecule has 0 fully saturated rings. The number of hydrogen-bond acceptors (Lipinski definition) is 2. The smallest absolute Gasteiger partial charge is 0.140 e. The number of hydrogen-bond donors (Lipinski definition) is 2. The number of aryl methyl sites for hydroxylation is 1. The minimum atomic E-state index is 0.745. The third-order valence-electron chi connectivity index (χ3n) is 2.85. The van der Waals surface area contributed by atoms with Crippen molar-refractivity contribution in [2.45, 2.75) is 6.92 Å². The molecule has 17 heavy (non-hydrogen) atoms. The molecule has 0 aliphatic carbocycles. The van der Waals surface area contributed by atoms with Crippen LogP contribution in [0.3, 0.4) is 0 Å². The van der Waals surface area contributed by atoms with Crippen molar-refractivity contribution in [3.63, 3.8) is 0 Å². The van der Waals surface area contributed by atoms with Crippen molar-refractivity contribution >= 4 is 16.7 Å². The van der Waals surface area contributed by atoms with Gasteiger partial charge in [0.1, 0.15) is 5.82 Å². The predicted octanol–water partition coefficient (Wildman–Crippen LogP) is 3.12. The van der Waals surface area contributed by atoms with Crippen molar-refractivity contribution in [1.82, 2.24) is 9.97 Å². The van der Waals surface area contributed by atoms with Gasteiger partial charge in [-0.3, -0.25) is 0 Å². The molecule has 1 aromatic heterocycles. The normalized spacial score (nSPS) is 10.9. The molecule has 3 rings (SSSR count). The molecule has 3 aromatic rings. The fourth-order valence-electron chi connectivity index (χ4n) is 1.96. The van der Waals surface area contributed by atoms with Crippen LogP contribution >= 0.6 is 0 Å². The Morgan fingerprint density at radius 3 is 2.76 bits per heavy atom. The van der Waals surface area contributed by atoms with Crippen LogP contribution in [0, 0.1) is 6.92 Å². The van der Waals surface area contributed by atoms with Crippen LogP contribution in [0.1, 0.15) is 5.56 Å². The Kier molecular flexibility index (Phi) is 2.11. The number of imidazole rings is 1. The maximum absolute atomic E-state index is 5.98. The first-order valence-electron chi connectivity index (χ1n) is 5.55. The molecule has 3 nitrogen and oxygen atoms in total. The molecular formula is C14H13N3. The van der Waals surface area contributed by atoms with Gasteiger partial charge in [-0.05, 0) is 31.2 Å². The fourth-order valence-corrected chi connectivity index (χ4v) is 1.96. The molecule has 0 atom stereocenters. The largest absolute Gasteiger partial charge is 0.398 e. The monoisotopic (exact) mass is 223 g/mol. The van der Waals surface area contributed by atoms with Crippen LogP contribution in [0.2, 0.25) is 0 Å². The van der Waals surface area contributed by atoms with Gasteiger partial charge in [-0.15, -0.1) is 0 Å². The first-order valence-corrected chi connectivity index (χ1v) is 5.55. The van der Waals surface area contributed by atoms with Crippen molar-refractivity contribution in [2.75, 3.05) is 5.73 Å². The van der Waals surface area contributed by atoms with E-state index in [-0.39, 0.29) is 0 Å². The van der Waals surface area contributed by atoms with Crippen LogP contribution in [0.4, 0.5) is 5.69 Å². The number of rotatable bonds is 1. The number of nitrogens with zero attached hydrogens (tertiary/aromatic N) is 1. The summed E-state index contributed by atoms with van der Waals surface area (Å²) in [6.07, 6.45) is 0. The summed E-state index contributed by atoms with van der Waals surface area (Å²) >= 11 is 0. The average molecular weight is 223 g/mol. The molecule has 0 aliphatic rings. The molecule has 0 spiro atoms. The van der Waals surface area contributed by atoms with Gasteiger partial charge in [-0.25, -0.2) is 4.98 Å². The number of anilines is 1. The van der Waals surface area contributed by atoms with Gasteiger partial charge in [0.05, 0.1) is 11.0 Å². The van der Waals surface area contributed by atoms with Gasteiger partial charge < -0.3 is 10.7 Å². The van der Waals surface area contributed by atoms with E-state index in [1.807, 2.05) is 49.4 Å². The molecule has 0 unspecified atom stereocenters. The zero-order chi connectivity index (χ0) is 11.8. The molecule has 3 heteroatoms. The van der Waals surface area contributed by atoms with E-state index in [2.05, 4.69) is 9.97 Å². The van der Waals surface area contributed by atoms with Crippen molar-refractivity contribution in [1.29, 1.82) is 0 Å². The summed E-state index contributed by atoms with van der Waals surface area (Å²) in [6, 6.07) is 13.9. The molecule has 0 aliphatic heterocycles. The molecule has 2 aromatic carbocycles. The molecule has 0 radical (unpaired) electrons. The van der Waals surface area contributed by atoms with Crippen molar-refractivity contribution in [3.8, 4) is 11.4 Å². The maximum atomic E-state index is 5.98. The minimum absolute atomic E-state index is 0.745. The van der Waals surface area contributed by atoms with Crippen LogP contribution in [-0.2, 0) is 0 Å². The highest BCUT2D eigenvalue weighted by molar-refractivity contribution is 5.82. The van der Waals surface area contributed by atoms with Crippen molar-refractivity contribution in [2.24, 2.45) is 0 Å². The van der Waals surface area contributed by atoms with Crippen LogP contribution in [0.25, 0.3) is 22.4 Å². The number of nitrogen functional groups attached to an aromatic ring is 1. The summed E-state index contributed by atoms with van der Waals surface area (Å²) in [7, 11) is 0. The van der Waals surface area contributed by atoms with Gasteiger partial charge in [0.25, 0.3) is 0 Å². The van der Waals surface area contributed by atoms with E-state index in [9.17, 15) is 0 Å². The standard InChI is InChI=1S/C14H13N3/c1-9-6-7-11(15)10(8-9)14-16-12-4-2-3-5-13(12)17-14/h2-8H,15H2,1H3,(H,16,17). The number of para-hydroxylation sites is 2. The second-order valence-electron chi connectivity index (χ2n) is 4.19. The van der Waals surface area contributed by atoms with E-state index in [0.29, 0.717) is 0 Å². The highest BCUT2D eigenvalue weighted by Gasteiger charge is 2.07.